The SMILES string of the molecule is c1ccc2c(c1)Cc1ccc(Oc3ccc4c(c3)-c3ccccc3C4)cc1-2. The first-order valence-electron chi connectivity index (χ1n) is 9.45. The molecule has 2 aliphatic carbocycles. The highest BCUT2D eigenvalue weighted by Gasteiger charge is 2.20. The molecule has 0 saturated carbocycles. The molecule has 0 amide bonds. The highest BCUT2D eigenvalue weighted by Crippen LogP contribution is 2.41. The van der Waals surface area contributed by atoms with Gasteiger partial charge in [-0.2, -0.15) is 0 Å². The fourth-order valence-electron chi connectivity index (χ4n) is 4.47. The van der Waals surface area contributed by atoms with Crippen molar-refractivity contribution in [3.8, 4) is 33.8 Å². The number of fused-ring (bicyclic) bond motifs is 6. The zero-order chi connectivity index (χ0) is 17.8. The third-order valence-electron chi connectivity index (χ3n) is 5.78. The molecule has 0 bridgehead atoms. The third kappa shape index (κ3) is 2.32. The van der Waals surface area contributed by atoms with E-state index in [1.54, 1.807) is 0 Å². The third-order valence-corrected chi connectivity index (χ3v) is 5.78. The Morgan fingerprint density at radius 3 is 1.41 bits per heavy atom. The van der Waals surface area contributed by atoms with Crippen LogP contribution in [-0.2, 0) is 12.8 Å². The van der Waals surface area contributed by atoms with Crippen LogP contribution in [-0.4, -0.2) is 0 Å². The second-order valence-electron chi connectivity index (χ2n) is 7.41. The van der Waals surface area contributed by atoms with Gasteiger partial charge in [0.1, 0.15) is 11.5 Å². The molecule has 0 spiro atoms. The van der Waals surface area contributed by atoms with Crippen molar-refractivity contribution >= 4 is 0 Å². The van der Waals surface area contributed by atoms with Gasteiger partial charge in [-0.05, 0) is 81.6 Å². The molecule has 0 aliphatic heterocycles. The van der Waals surface area contributed by atoms with Crippen LogP contribution in [0.25, 0.3) is 22.3 Å². The minimum Gasteiger partial charge on any atom is -0.457 e. The molecular formula is C26H18O. The van der Waals surface area contributed by atoms with E-state index >= 15 is 0 Å². The van der Waals surface area contributed by atoms with Crippen LogP contribution in [0.3, 0.4) is 0 Å². The summed E-state index contributed by atoms with van der Waals surface area (Å²) in [4.78, 5) is 0. The lowest BCUT2D eigenvalue weighted by molar-refractivity contribution is 0.483. The molecule has 1 nitrogen and oxygen atoms in total. The second kappa shape index (κ2) is 5.59. The van der Waals surface area contributed by atoms with E-state index in [0.29, 0.717) is 0 Å². The van der Waals surface area contributed by atoms with Gasteiger partial charge in [0, 0.05) is 0 Å². The maximum atomic E-state index is 6.26. The van der Waals surface area contributed by atoms with Crippen molar-refractivity contribution in [1.29, 1.82) is 0 Å². The van der Waals surface area contributed by atoms with Crippen LogP contribution in [0.5, 0.6) is 11.5 Å². The Morgan fingerprint density at radius 2 is 0.889 bits per heavy atom. The molecule has 128 valence electrons. The average molecular weight is 346 g/mol. The maximum absolute atomic E-state index is 6.26. The summed E-state index contributed by atoms with van der Waals surface area (Å²) in [6.07, 6.45) is 2.03. The van der Waals surface area contributed by atoms with Crippen LogP contribution >= 0.6 is 0 Å². The van der Waals surface area contributed by atoms with E-state index in [2.05, 4.69) is 84.9 Å². The van der Waals surface area contributed by atoms with Crippen molar-refractivity contribution in [3.63, 3.8) is 0 Å². The highest BCUT2D eigenvalue weighted by molar-refractivity contribution is 5.79. The molecule has 0 unspecified atom stereocenters. The lowest BCUT2D eigenvalue weighted by Crippen LogP contribution is -1.88. The van der Waals surface area contributed by atoms with Crippen molar-refractivity contribution in [3.05, 3.63) is 107 Å². The topological polar surface area (TPSA) is 9.23 Å². The van der Waals surface area contributed by atoms with E-state index in [4.69, 9.17) is 4.74 Å². The van der Waals surface area contributed by atoms with Crippen molar-refractivity contribution < 1.29 is 4.74 Å². The average Bonchev–Trinajstić information content (AvgIpc) is 3.26. The zero-order valence-electron chi connectivity index (χ0n) is 14.9. The van der Waals surface area contributed by atoms with Gasteiger partial charge >= 0.3 is 0 Å². The van der Waals surface area contributed by atoms with Gasteiger partial charge in [-0.1, -0.05) is 60.7 Å². The lowest BCUT2D eigenvalue weighted by Gasteiger charge is -2.10. The van der Waals surface area contributed by atoms with Crippen LogP contribution in [0.4, 0.5) is 0 Å². The van der Waals surface area contributed by atoms with E-state index < -0.39 is 0 Å². The lowest BCUT2D eigenvalue weighted by atomic mass is 10.1. The van der Waals surface area contributed by atoms with Crippen molar-refractivity contribution in [1.82, 2.24) is 0 Å². The molecule has 0 N–H and O–H groups in total. The predicted octanol–water partition coefficient (Wildman–Crippen LogP) is 6.62. The molecule has 0 saturated heterocycles. The summed E-state index contributed by atoms with van der Waals surface area (Å²) in [5.41, 5.74) is 10.8. The molecule has 0 aromatic heterocycles. The van der Waals surface area contributed by atoms with Crippen LogP contribution in [0.1, 0.15) is 22.3 Å². The Morgan fingerprint density at radius 1 is 0.444 bits per heavy atom. The van der Waals surface area contributed by atoms with Gasteiger partial charge in [-0.3, -0.25) is 0 Å². The number of ether oxygens (including phenoxy) is 1. The van der Waals surface area contributed by atoms with Crippen LogP contribution < -0.4 is 4.74 Å². The van der Waals surface area contributed by atoms with Crippen LogP contribution in [0.15, 0.2) is 84.9 Å². The van der Waals surface area contributed by atoms with Gasteiger partial charge in [0.15, 0.2) is 0 Å². The standard InChI is InChI=1S/C26H18O/c1-3-7-23-17(5-1)13-19-9-11-21(15-25(19)23)27-22-12-10-20-14-18-6-2-4-8-24(18)26(20)16-22/h1-12,15-16H,13-14H2. The van der Waals surface area contributed by atoms with Crippen LogP contribution in [0.2, 0.25) is 0 Å². The van der Waals surface area contributed by atoms with Crippen LogP contribution in [0, 0.1) is 0 Å². The summed E-state index contributed by atoms with van der Waals surface area (Å²) in [5.74, 6) is 1.80. The molecule has 2 aliphatic rings. The zero-order valence-corrected chi connectivity index (χ0v) is 14.9. The first kappa shape index (κ1) is 14.8. The van der Waals surface area contributed by atoms with Gasteiger partial charge in [0.2, 0.25) is 0 Å². The van der Waals surface area contributed by atoms with Crippen molar-refractivity contribution in [2.45, 2.75) is 12.8 Å². The number of benzene rings is 4. The van der Waals surface area contributed by atoms with Gasteiger partial charge in [-0.25, -0.2) is 0 Å². The first-order valence-corrected chi connectivity index (χ1v) is 9.45. The molecule has 27 heavy (non-hydrogen) atoms. The molecule has 0 heterocycles. The quantitative estimate of drug-likeness (QED) is 0.342. The Kier molecular flexibility index (Phi) is 3.06. The summed E-state index contributed by atoms with van der Waals surface area (Å²) in [6.45, 7) is 0. The van der Waals surface area contributed by atoms with Gasteiger partial charge < -0.3 is 4.74 Å². The van der Waals surface area contributed by atoms with Crippen molar-refractivity contribution in [2.75, 3.05) is 0 Å². The first-order chi connectivity index (χ1) is 13.3. The Bertz CT molecular complexity index is 1110. The van der Waals surface area contributed by atoms with E-state index in [9.17, 15) is 0 Å². The maximum Gasteiger partial charge on any atom is 0.128 e. The monoisotopic (exact) mass is 346 g/mol. The summed E-state index contributed by atoms with van der Waals surface area (Å²) in [7, 11) is 0. The highest BCUT2D eigenvalue weighted by atomic mass is 16.5. The van der Waals surface area contributed by atoms with E-state index in [-0.39, 0.29) is 0 Å². The second-order valence-corrected chi connectivity index (χ2v) is 7.41. The smallest absolute Gasteiger partial charge is 0.128 e. The number of hydrogen-bond acceptors (Lipinski definition) is 1. The van der Waals surface area contributed by atoms with E-state index in [0.717, 1.165) is 24.3 Å². The fraction of sp³-hybridized carbons (Fsp3) is 0.0769. The molecule has 0 fully saturated rings. The Labute approximate surface area is 158 Å². The van der Waals surface area contributed by atoms with Gasteiger partial charge in [0.05, 0.1) is 0 Å². The summed E-state index contributed by atoms with van der Waals surface area (Å²) < 4.78 is 6.26. The molecule has 4 aromatic carbocycles. The van der Waals surface area contributed by atoms with Crippen molar-refractivity contribution in [2.24, 2.45) is 0 Å². The molecule has 4 aromatic rings. The summed E-state index contributed by atoms with van der Waals surface area (Å²) in [5, 5.41) is 0. The fourth-order valence-corrected chi connectivity index (χ4v) is 4.47. The molecule has 0 radical (unpaired) electrons. The minimum absolute atomic E-state index is 0.900. The predicted molar refractivity (Wildman–Crippen MR) is 109 cm³/mol. The summed E-state index contributed by atoms with van der Waals surface area (Å²) >= 11 is 0. The normalized spacial score (nSPS) is 12.9. The Balaban J connectivity index is 1.36. The largest absolute Gasteiger partial charge is 0.457 e. The molecular weight excluding hydrogens is 328 g/mol. The minimum atomic E-state index is 0.900. The number of hydrogen-bond donors (Lipinski definition) is 0. The Hall–Kier alpha value is -3.32. The molecule has 0 atom stereocenters. The van der Waals surface area contributed by atoms with Gasteiger partial charge in [0.25, 0.3) is 0 Å². The van der Waals surface area contributed by atoms with E-state index in [1.165, 1.54) is 44.5 Å². The number of rotatable bonds is 2. The summed E-state index contributed by atoms with van der Waals surface area (Å²) in [6, 6.07) is 30.2. The molecule has 6 rings (SSSR count). The molecule has 1 heteroatoms. The van der Waals surface area contributed by atoms with E-state index in [1.807, 2.05) is 0 Å². The van der Waals surface area contributed by atoms with Gasteiger partial charge in [-0.15, -0.1) is 0 Å².